The fourth-order valence-electron chi connectivity index (χ4n) is 16.2. The van der Waals surface area contributed by atoms with Crippen LogP contribution in [0.2, 0.25) is 0 Å². The minimum Gasteiger partial charge on any atom is -0.449 e. The first-order valence-electron chi connectivity index (χ1n) is 45.6. The van der Waals surface area contributed by atoms with Crippen molar-refractivity contribution < 1.29 is 152 Å². The van der Waals surface area contributed by atoms with Crippen LogP contribution in [-0.2, 0) is 182 Å². The topological polar surface area (TPSA) is 491 Å². The van der Waals surface area contributed by atoms with Crippen LogP contribution in [0.4, 0.5) is 4.79 Å². The first kappa shape index (κ1) is 106. The molecule has 5 N–H and O–H groups in total. The quantitative estimate of drug-likeness (QED) is 0.0311. The van der Waals surface area contributed by atoms with Crippen LogP contribution in [0.15, 0.2) is 48.0 Å². The lowest BCUT2D eigenvalue weighted by atomic mass is 9.88. The van der Waals surface area contributed by atoms with Gasteiger partial charge in [0.1, 0.15) is 93.7 Å². The van der Waals surface area contributed by atoms with Gasteiger partial charge in [0.2, 0.25) is 17.7 Å². The van der Waals surface area contributed by atoms with Crippen LogP contribution in [0.3, 0.4) is 0 Å². The highest BCUT2D eigenvalue weighted by Crippen LogP contribution is 2.49. The molecule has 8 aliphatic heterocycles. The van der Waals surface area contributed by atoms with Crippen molar-refractivity contribution in [1.29, 1.82) is 0 Å². The van der Waals surface area contributed by atoms with Crippen molar-refractivity contribution in [2.24, 2.45) is 0 Å². The Hall–Kier alpha value is -6.13. The lowest BCUT2D eigenvalue weighted by Gasteiger charge is -2.42. The maximum atomic E-state index is 14.3. The van der Waals surface area contributed by atoms with Crippen LogP contribution in [0.25, 0.3) is 0 Å². The van der Waals surface area contributed by atoms with Crippen LogP contribution in [-0.4, -0.2) is 397 Å². The van der Waals surface area contributed by atoms with Crippen molar-refractivity contribution >= 4 is 45.4 Å². The van der Waals surface area contributed by atoms with E-state index in [4.69, 9.17) is 128 Å². The SMILES string of the molecule is CC(=O)NC1C2OCC(COCCOCCOCCOCCn3cc(COCC(COCc4cn(CCOCCOCCOCCOCC5(C)OC(O)CC6OC(C)(C)OC65)nn4)(COCc4cn(CCOCCOCCOCCOCC56COC(O5)C(NC(C)=O)C5OC(C)(C)OC56)nn4)NC(=O)CCCCCNC(=O)OCCSSc4ccccn4)nn3)(O2)C2OC(C)(C)OC12. The third-order valence-electron chi connectivity index (χ3n) is 22.0. The normalized spacial score (nSPS) is 26.7. The van der Waals surface area contributed by atoms with Gasteiger partial charge in [0.25, 0.3) is 0 Å². The molecule has 8 aliphatic rings. The van der Waals surface area contributed by atoms with E-state index < -0.39 is 101 Å². The molecule has 12 heterocycles. The summed E-state index contributed by atoms with van der Waals surface area (Å²) >= 11 is 0. The van der Waals surface area contributed by atoms with Gasteiger partial charge in [0, 0.05) is 45.2 Å². The molecule has 4 aromatic heterocycles. The second-order valence-corrected chi connectivity index (χ2v) is 37.2. The second-order valence-electron chi connectivity index (χ2n) is 34.8. The molecule has 8 fully saturated rings. The van der Waals surface area contributed by atoms with E-state index in [9.17, 15) is 24.3 Å². The number of rotatable bonds is 68. The minimum absolute atomic E-state index is 0.000865. The van der Waals surface area contributed by atoms with Crippen LogP contribution in [0, 0.1) is 0 Å². The monoisotopic (exact) mass is 1930 g/mol. The summed E-state index contributed by atoms with van der Waals surface area (Å²) in [6.45, 7) is 25.1. The summed E-state index contributed by atoms with van der Waals surface area (Å²) in [6.07, 6.45) is 3.63. The van der Waals surface area contributed by atoms with E-state index in [0.717, 1.165) is 5.03 Å². The van der Waals surface area contributed by atoms with Gasteiger partial charge in [-0.3, -0.25) is 14.4 Å². The summed E-state index contributed by atoms with van der Waals surface area (Å²) in [5.74, 6) is -2.69. The van der Waals surface area contributed by atoms with Gasteiger partial charge in [-0.1, -0.05) is 38.9 Å². The van der Waals surface area contributed by atoms with Crippen LogP contribution in [0.5, 0.6) is 0 Å². The summed E-state index contributed by atoms with van der Waals surface area (Å²) < 4.78 is 167. The van der Waals surface area contributed by atoms with E-state index in [0.29, 0.717) is 213 Å². The highest BCUT2D eigenvalue weighted by atomic mass is 33.1. The molecule has 48 heteroatoms. The lowest BCUT2D eigenvalue weighted by molar-refractivity contribution is -0.269. The van der Waals surface area contributed by atoms with Gasteiger partial charge < -0.3 is 154 Å². The Bertz CT molecular complexity index is 3940. The zero-order valence-electron chi connectivity index (χ0n) is 77.7. The maximum absolute atomic E-state index is 14.3. The number of fused-ring (bicyclic) bond motifs is 9. The summed E-state index contributed by atoms with van der Waals surface area (Å²) in [7, 11) is 3.05. The third-order valence-corrected chi connectivity index (χ3v) is 24.3. The molecule has 0 radical (unpaired) electrons. The van der Waals surface area contributed by atoms with Gasteiger partial charge in [-0.15, -0.1) is 15.3 Å². The number of aromatic nitrogens is 10. The van der Waals surface area contributed by atoms with Crippen molar-refractivity contribution in [1.82, 2.24) is 71.2 Å². The number of alkyl carbamates (subject to hydrolysis) is 1. The number of carbonyl (C=O) groups excluding carboxylic acids is 4. The second kappa shape index (κ2) is 53.3. The lowest BCUT2D eigenvalue weighted by Crippen LogP contribution is -2.65. The molecule has 0 aliphatic carbocycles. The van der Waals surface area contributed by atoms with E-state index in [1.807, 2.05) is 66.7 Å². The summed E-state index contributed by atoms with van der Waals surface area (Å²) in [5.41, 5.74) is -2.45. The van der Waals surface area contributed by atoms with E-state index >= 15 is 0 Å². The fraction of sp³-hybridized carbons (Fsp3) is 0.824. The average molecular weight is 1930 g/mol. The number of hydrogen-bond donors (Lipinski definition) is 5. The average Bonchev–Trinajstić information content (AvgIpc) is 1.57. The predicted octanol–water partition coefficient (Wildman–Crippen LogP) is 1.91. The fourth-order valence-corrected chi connectivity index (χ4v) is 17.9. The highest BCUT2D eigenvalue weighted by molar-refractivity contribution is 8.76. The molecule has 133 heavy (non-hydrogen) atoms. The Balaban J connectivity index is 0.571. The third kappa shape index (κ3) is 34.1. The molecule has 0 saturated carbocycles. The molecule has 4 aromatic rings. The number of amides is 4. The largest absolute Gasteiger partial charge is 0.449 e. The van der Waals surface area contributed by atoms with Crippen LogP contribution >= 0.6 is 21.6 Å². The van der Waals surface area contributed by atoms with Crippen LogP contribution < -0.4 is 21.3 Å². The molecule has 4 bridgehead atoms. The molecule has 14 atom stereocenters. The highest BCUT2D eigenvalue weighted by Gasteiger charge is 2.68. The van der Waals surface area contributed by atoms with Gasteiger partial charge in [0.15, 0.2) is 36.2 Å². The van der Waals surface area contributed by atoms with Crippen molar-refractivity contribution in [2.75, 3.05) is 211 Å². The van der Waals surface area contributed by atoms with Gasteiger partial charge in [-0.2, -0.15) is 0 Å². The number of aliphatic hydroxyl groups is 1. The number of carbonyl (C=O) groups is 4. The Morgan fingerprint density at radius 2 is 0.902 bits per heavy atom. The zero-order chi connectivity index (χ0) is 93.8. The molecule has 4 amide bonds. The molecule has 12 rings (SSSR count). The zero-order valence-corrected chi connectivity index (χ0v) is 79.3. The summed E-state index contributed by atoms with van der Waals surface area (Å²) in [4.78, 5) is 55.1. The Kier molecular flexibility index (Phi) is 42.4. The van der Waals surface area contributed by atoms with Gasteiger partial charge in [0.05, 0.1) is 256 Å². The standard InChI is InChI=1S/C85H136N14O32S2/c1-60(100)88-69-71-74(128-80(5,6)125-71)84(58-121-76(69)130-84)56-115-41-38-112-35-32-109-29-26-106-23-20-98-47-63(92-95-98)50-118-54-83(90-66(102)15-11-10-13-18-87-78(104)120-43-44-132-133-67-16-12-14-17-86-67,53-117-49-62-46-97(94-91-62)19-22-105-25-28-108-31-34-111-37-40-114-52-82(9)73-65(45-68(103)124-82)123-79(3,4)127-73)55-119-51-64-48-99(96-93-64)21-24-107-27-30-110-33-36-113-39-42-116-57-85-59-122-77(131-85)70(89-61(2)101)72-75(85)129-81(7,8)126-72/h12,14,16-17,46-48,65,68-77,103H,10-11,13,15,18-45,49-59H2,1-9H3,(H,87,104)(H,88,100)(H,89,101)(H,90,102). The van der Waals surface area contributed by atoms with E-state index in [-0.39, 0.29) is 116 Å². The molecule has 0 spiro atoms. The number of ether oxygens (including phenoxy) is 27. The van der Waals surface area contributed by atoms with Crippen molar-refractivity contribution in [2.45, 2.75) is 246 Å². The molecule has 750 valence electrons. The summed E-state index contributed by atoms with van der Waals surface area (Å²) in [6, 6.07) is 4.64. The van der Waals surface area contributed by atoms with Crippen LogP contribution in [0.1, 0.15) is 111 Å². The molecular formula is C85H136N14O32S2. The van der Waals surface area contributed by atoms with E-state index in [1.165, 1.54) is 24.6 Å². The van der Waals surface area contributed by atoms with Crippen molar-refractivity contribution in [3.8, 4) is 0 Å². The van der Waals surface area contributed by atoms with Crippen molar-refractivity contribution in [3.05, 3.63) is 60.1 Å². The first-order chi connectivity index (χ1) is 64.3. The van der Waals surface area contributed by atoms with Gasteiger partial charge in [-0.05, 0) is 84.2 Å². The van der Waals surface area contributed by atoms with E-state index in [2.05, 4.69) is 57.2 Å². The van der Waals surface area contributed by atoms with E-state index in [1.54, 1.807) is 49.6 Å². The minimum atomic E-state index is -1.31. The first-order valence-corrected chi connectivity index (χ1v) is 47.9. The molecule has 8 saturated heterocycles. The Morgan fingerprint density at radius 3 is 1.34 bits per heavy atom. The van der Waals surface area contributed by atoms with Gasteiger partial charge >= 0.3 is 6.09 Å². The number of aliphatic hydroxyl groups excluding tert-OH is 1. The molecule has 46 nitrogen and oxygen atoms in total. The number of pyridine rings is 1. The number of hydrogen-bond acceptors (Lipinski definition) is 41. The van der Waals surface area contributed by atoms with Gasteiger partial charge in [-0.25, -0.2) is 23.8 Å². The summed E-state index contributed by atoms with van der Waals surface area (Å²) in [5, 5.41) is 49.0. The molecular weight excluding hydrogens is 1790 g/mol. The maximum Gasteiger partial charge on any atom is 0.407 e. The number of nitrogens with zero attached hydrogens (tertiary/aromatic N) is 10. The smallest absolute Gasteiger partial charge is 0.407 e. The number of nitrogens with one attached hydrogen (secondary N) is 4. The molecule has 14 unspecified atom stereocenters. The number of unbranched alkanes of at least 4 members (excludes halogenated alkanes) is 2. The van der Waals surface area contributed by atoms with Crippen molar-refractivity contribution in [3.63, 3.8) is 0 Å². The Labute approximate surface area is 782 Å². The molecule has 0 aromatic carbocycles. The Morgan fingerprint density at radius 1 is 0.481 bits per heavy atom. The predicted molar refractivity (Wildman–Crippen MR) is 464 cm³/mol.